The molecule has 0 saturated heterocycles. The SMILES string of the molecule is Cl.[2H]C(NC(C)=O)SC[C@H](N)C(=O)O. The lowest BCUT2D eigenvalue weighted by Gasteiger charge is -2.05. The Bertz CT molecular complexity index is 208. The summed E-state index contributed by atoms with van der Waals surface area (Å²) in [6.45, 7) is 1.29. The maximum Gasteiger partial charge on any atom is 0.321 e. The number of carbonyl (C=O) groups is 2. The minimum atomic E-state index is -1.11. The van der Waals surface area contributed by atoms with Crippen molar-refractivity contribution in [2.45, 2.75) is 13.0 Å². The van der Waals surface area contributed by atoms with Gasteiger partial charge in [-0.1, -0.05) is 0 Å². The highest BCUT2D eigenvalue weighted by molar-refractivity contribution is 7.99. The van der Waals surface area contributed by atoms with Crippen LogP contribution in [-0.4, -0.2) is 34.6 Å². The fourth-order valence-corrected chi connectivity index (χ4v) is 1.04. The predicted molar refractivity (Wildman–Crippen MR) is 54.0 cm³/mol. The highest BCUT2D eigenvalue weighted by Crippen LogP contribution is 1.98. The number of hydrogen-bond acceptors (Lipinski definition) is 4. The fourth-order valence-electron chi connectivity index (χ4n) is 0.348. The van der Waals surface area contributed by atoms with E-state index in [1.54, 1.807) is 0 Å². The maximum absolute atomic E-state index is 10.4. The summed E-state index contributed by atoms with van der Waals surface area (Å²) in [5.74, 6) is -2.19. The van der Waals surface area contributed by atoms with Gasteiger partial charge >= 0.3 is 5.97 Å². The molecule has 0 aliphatic heterocycles. The van der Waals surface area contributed by atoms with E-state index in [-0.39, 0.29) is 24.1 Å². The first-order valence-electron chi connectivity index (χ1n) is 3.80. The zero-order valence-electron chi connectivity index (χ0n) is 8.02. The number of aliphatic carboxylic acids is 1. The van der Waals surface area contributed by atoms with Gasteiger partial charge in [0.05, 0.1) is 7.22 Å². The van der Waals surface area contributed by atoms with Crippen molar-refractivity contribution in [3.63, 3.8) is 0 Å². The molecule has 0 aliphatic carbocycles. The second kappa shape index (κ2) is 8.15. The van der Waals surface area contributed by atoms with Gasteiger partial charge in [-0.15, -0.1) is 24.2 Å². The maximum atomic E-state index is 10.4. The van der Waals surface area contributed by atoms with Crippen molar-refractivity contribution in [2.24, 2.45) is 5.73 Å². The van der Waals surface area contributed by atoms with Crippen LogP contribution in [-0.2, 0) is 9.59 Å². The van der Waals surface area contributed by atoms with E-state index in [2.05, 4.69) is 5.32 Å². The van der Waals surface area contributed by atoms with Crippen molar-refractivity contribution in [3.8, 4) is 0 Å². The standard InChI is InChI=1S/C6H12N2O3S.ClH/c1-4(9)8-3-12-2-5(7)6(10)11;/h5H,2-3,7H2,1H3,(H,8,9)(H,10,11);1H/t5-;/m0./s1/i3D;/t3?,5-;. The van der Waals surface area contributed by atoms with Crippen LogP contribution in [0.2, 0.25) is 0 Å². The monoisotopic (exact) mass is 229 g/mol. The van der Waals surface area contributed by atoms with Crippen molar-refractivity contribution in [1.82, 2.24) is 5.32 Å². The normalized spacial score (nSPS) is 14.8. The highest BCUT2D eigenvalue weighted by atomic mass is 35.5. The molecule has 0 aromatic rings. The Kier molecular flexibility index (Phi) is 7.86. The number of nitrogens with one attached hydrogen (secondary N) is 1. The summed E-state index contributed by atoms with van der Waals surface area (Å²) in [5, 5.41) is 10.7. The topological polar surface area (TPSA) is 92.4 Å². The molecule has 2 atom stereocenters. The summed E-state index contributed by atoms with van der Waals surface area (Å²) >= 11 is 0.970. The number of thioether (sulfide) groups is 1. The number of amides is 1. The van der Waals surface area contributed by atoms with Crippen molar-refractivity contribution in [2.75, 3.05) is 11.6 Å². The molecule has 1 amide bonds. The van der Waals surface area contributed by atoms with E-state index >= 15 is 0 Å². The number of hydrogen-bond donors (Lipinski definition) is 3. The fraction of sp³-hybridized carbons (Fsp3) is 0.667. The molecule has 78 valence electrons. The molecule has 0 aromatic carbocycles. The van der Waals surface area contributed by atoms with Gasteiger partial charge in [-0.2, -0.15) is 0 Å². The number of halogens is 1. The van der Waals surface area contributed by atoms with Gasteiger partial charge in [0, 0.05) is 12.7 Å². The molecular formula is C6H13ClN2O3S. The van der Waals surface area contributed by atoms with Crippen molar-refractivity contribution >= 4 is 36.0 Å². The number of nitrogens with two attached hydrogens (primary N) is 1. The van der Waals surface area contributed by atoms with Crippen LogP contribution in [0.25, 0.3) is 0 Å². The first-order chi connectivity index (χ1) is 5.93. The highest BCUT2D eigenvalue weighted by Gasteiger charge is 2.10. The van der Waals surface area contributed by atoms with Gasteiger partial charge in [0.25, 0.3) is 0 Å². The number of rotatable bonds is 5. The molecule has 0 rings (SSSR count). The first-order valence-corrected chi connectivity index (χ1v) is 4.27. The Hall–Kier alpha value is -0.460. The van der Waals surface area contributed by atoms with Gasteiger partial charge in [-0.3, -0.25) is 9.59 Å². The van der Waals surface area contributed by atoms with Crippen LogP contribution in [0.1, 0.15) is 8.29 Å². The molecule has 0 bridgehead atoms. The summed E-state index contributed by atoms with van der Waals surface area (Å²) in [5.41, 5.74) is 5.18. The van der Waals surface area contributed by atoms with Crippen LogP contribution in [0.3, 0.4) is 0 Å². The molecule has 0 fully saturated rings. The van der Waals surface area contributed by atoms with E-state index in [4.69, 9.17) is 12.2 Å². The van der Waals surface area contributed by atoms with Crippen molar-refractivity contribution in [3.05, 3.63) is 0 Å². The van der Waals surface area contributed by atoms with E-state index in [1.807, 2.05) is 0 Å². The molecule has 0 saturated carbocycles. The Morgan fingerprint density at radius 2 is 2.31 bits per heavy atom. The lowest BCUT2D eigenvalue weighted by Crippen LogP contribution is -2.33. The summed E-state index contributed by atoms with van der Waals surface area (Å²) < 4.78 is 7.22. The largest absolute Gasteiger partial charge is 0.480 e. The van der Waals surface area contributed by atoms with Gasteiger partial charge in [-0.05, 0) is 0 Å². The molecule has 0 heterocycles. The zero-order valence-corrected chi connectivity index (χ0v) is 8.65. The molecule has 5 nitrogen and oxygen atoms in total. The quantitative estimate of drug-likeness (QED) is 0.561. The van der Waals surface area contributed by atoms with E-state index < -0.39 is 17.9 Å². The summed E-state index contributed by atoms with van der Waals surface area (Å²) in [6, 6.07) is -0.994. The second-order valence-electron chi connectivity index (χ2n) is 2.10. The summed E-state index contributed by atoms with van der Waals surface area (Å²) in [4.78, 5) is 20.7. The molecule has 0 aromatic heterocycles. The predicted octanol–water partition coefficient (Wildman–Crippen LogP) is -0.353. The Labute approximate surface area is 88.3 Å². The second-order valence-corrected chi connectivity index (χ2v) is 3.00. The molecule has 7 heteroatoms. The van der Waals surface area contributed by atoms with Crippen molar-refractivity contribution < 1.29 is 16.1 Å². The molecule has 0 aliphatic rings. The number of carboxylic acid groups (broad SMARTS) is 1. The molecule has 0 spiro atoms. The lowest BCUT2D eigenvalue weighted by molar-refractivity contribution is -0.137. The van der Waals surface area contributed by atoms with Gasteiger partial charge in [0.2, 0.25) is 5.91 Å². The van der Waals surface area contributed by atoms with Crippen LogP contribution in [0, 0.1) is 0 Å². The smallest absolute Gasteiger partial charge is 0.321 e. The Morgan fingerprint density at radius 3 is 2.69 bits per heavy atom. The minimum Gasteiger partial charge on any atom is -0.480 e. The third kappa shape index (κ3) is 9.45. The molecular weight excluding hydrogens is 216 g/mol. The lowest BCUT2D eigenvalue weighted by atomic mass is 10.4. The van der Waals surface area contributed by atoms with Crippen LogP contribution in [0.4, 0.5) is 0 Å². The molecule has 0 radical (unpaired) electrons. The van der Waals surface area contributed by atoms with Gasteiger partial charge in [0.1, 0.15) is 6.04 Å². The Balaban J connectivity index is 0. The minimum absolute atomic E-state index is 0. The molecule has 13 heavy (non-hydrogen) atoms. The average molecular weight is 230 g/mol. The van der Waals surface area contributed by atoms with Crippen LogP contribution in [0.15, 0.2) is 0 Å². The van der Waals surface area contributed by atoms with Gasteiger partial charge in [-0.25, -0.2) is 0 Å². The van der Waals surface area contributed by atoms with Crippen molar-refractivity contribution in [1.29, 1.82) is 0 Å². The van der Waals surface area contributed by atoms with E-state index in [0.717, 1.165) is 11.8 Å². The van der Waals surface area contributed by atoms with Crippen LogP contribution < -0.4 is 11.1 Å². The summed E-state index contributed by atoms with van der Waals surface area (Å²) in [7, 11) is 0. The zero-order chi connectivity index (χ0) is 10.4. The number of carbonyl (C=O) groups excluding carboxylic acids is 1. The van der Waals surface area contributed by atoms with E-state index in [1.165, 1.54) is 6.92 Å². The third-order valence-electron chi connectivity index (χ3n) is 0.939. The van der Waals surface area contributed by atoms with Crippen LogP contribution in [0.5, 0.6) is 0 Å². The van der Waals surface area contributed by atoms with Gasteiger partial charge in [0.15, 0.2) is 0 Å². The summed E-state index contributed by atoms with van der Waals surface area (Å²) in [6.07, 6.45) is 0. The third-order valence-corrected chi connectivity index (χ3v) is 1.77. The molecule has 4 N–H and O–H groups in total. The van der Waals surface area contributed by atoms with Crippen LogP contribution >= 0.6 is 24.2 Å². The average Bonchev–Trinajstić information content (AvgIpc) is 1.98. The van der Waals surface area contributed by atoms with E-state index in [0.29, 0.717) is 0 Å². The van der Waals surface area contributed by atoms with Gasteiger partial charge < -0.3 is 16.2 Å². The number of carboxylic acids is 1. The Morgan fingerprint density at radius 1 is 1.77 bits per heavy atom. The molecule has 1 unspecified atom stereocenters. The first kappa shape index (κ1) is 12.5. The van der Waals surface area contributed by atoms with E-state index in [9.17, 15) is 9.59 Å².